The summed E-state index contributed by atoms with van der Waals surface area (Å²) in [4.78, 5) is 2.49. The lowest BCUT2D eigenvalue weighted by atomic mass is 10.1. The number of rotatable bonds is 4. The number of halogens is 1. The molecule has 2 atom stereocenters. The second kappa shape index (κ2) is 5.61. The molecule has 0 bridgehead atoms. The molecule has 2 nitrogen and oxygen atoms in total. The summed E-state index contributed by atoms with van der Waals surface area (Å²) in [7, 11) is 0. The normalized spacial score (nSPS) is 22.9. The van der Waals surface area contributed by atoms with Crippen LogP contribution in [0.5, 0.6) is 0 Å². The number of hydrogen-bond acceptors (Lipinski definition) is 2. The third-order valence-corrected chi connectivity index (χ3v) is 3.71. The van der Waals surface area contributed by atoms with E-state index >= 15 is 0 Å². The number of nitrogens with zero attached hydrogens (tertiary/aromatic N) is 1. The van der Waals surface area contributed by atoms with Crippen molar-refractivity contribution in [2.45, 2.75) is 38.3 Å². The Bertz CT molecular complexity index is 350. The lowest BCUT2D eigenvalue weighted by Gasteiger charge is -2.30. The Morgan fingerprint density at radius 2 is 2.12 bits per heavy atom. The third-order valence-electron chi connectivity index (χ3n) is 3.71. The van der Waals surface area contributed by atoms with Crippen molar-refractivity contribution in [2.75, 3.05) is 13.1 Å². The fraction of sp³-hybridized carbons (Fsp3) is 0.571. The van der Waals surface area contributed by atoms with Crippen molar-refractivity contribution in [3.63, 3.8) is 0 Å². The smallest absolute Gasteiger partial charge is 0.123 e. The van der Waals surface area contributed by atoms with Crippen molar-refractivity contribution >= 4 is 0 Å². The molecule has 0 saturated carbocycles. The lowest BCUT2D eigenvalue weighted by Crippen LogP contribution is -2.42. The molecule has 1 heterocycles. The molecule has 2 unspecified atom stereocenters. The van der Waals surface area contributed by atoms with Gasteiger partial charge in [0.25, 0.3) is 0 Å². The maximum absolute atomic E-state index is 12.8. The highest BCUT2D eigenvalue weighted by Crippen LogP contribution is 2.21. The van der Waals surface area contributed by atoms with Gasteiger partial charge in [0.1, 0.15) is 5.82 Å². The van der Waals surface area contributed by atoms with Crippen LogP contribution in [0, 0.1) is 5.82 Å². The summed E-state index contributed by atoms with van der Waals surface area (Å²) in [5.41, 5.74) is 6.98. The summed E-state index contributed by atoms with van der Waals surface area (Å²) in [5.74, 6) is -0.164. The number of nitrogens with two attached hydrogens (primary N) is 1. The Kier molecular flexibility index (Phi) is 4.13. The van der Waals surface area contributed by atoms with E-state index in [9.17, 15) is 4.39 Å². The van der Waals surface area contributed by atoms with E-state index in [1.165, 1.54) is 30.5 Å². The molecule has 0 spiro atoms. The summed E-state index contributed by atoms with van der Waals surface area (Å²) in [6.07, 6.45) is 3.43. The molecule has 1 aliphatic rings. The molecule has 94 valence electrons. The summed E-state index contributed by atoms with van der Waals surface area (Å²) in [6, 6.07) is 7.83. The second-order valence-electron chi connectivity index (χ2n) is 4.95. The van der Waals surface area contributed by atoms with Crippen molar-refractivity contribution in [1.82, 2.24) is 4.90 Å². The van der Waals surface area contributed by atoms with Crippen LogP contribution < -0.4 is 5.73 Å². The van der Waals surface area contributed by atoms with Gasteiger partial charge in [0.05, 0.1) is 0 Å². The van der Waals surface area contributed by atoms with Gasteiger partial charge in [-0.25, -0.2) is 4.39 Å². The van der Waals surface area contributed by atoms with Gasteiger partial charge in [0.2, 0.25) is 0 Å². The van der Waals surface area contributed by atoms with E-state index in [1.807, 2.05) is 12.1 Å². The highest BCUT2D eigenvalue weighted by Gasteiger charge is 2.27. The molecule has 1 aromatic carbocycles. The monoisotopic (exact) mass is 236 g/mol. The summed E-state index contributed by atoms with van der Waals surface area (Å²) >= 11 is 0. The first kappa shape index (κ1) is 12.5. The Morgan fingerprint density at radius 3 is 2.76 bits per heavy atom. The van der Waals surface area contributed by atoms with E-state index in [0.717, 1.165) is 19.5 Å². The molecule has 1 aliphatic heterocycles. The van der Waals surface area contributed by atoms with Crippen LogP contribution in [0.1, 0.15) is 25.3 Å². The van der Waals surface area contributed by atoms with Crippen LogP contribution in [-0.2, 0) is 6.42 Å². The van der Waals surface area contributed by atoms with E-state index in [4.69, 9.17) is 5.73 Å². The molecule has 0 amide bonds. The summed E-state index contributed by atoms with van der Waals surface area (Å²) in [5, 5.41) is 0. The molecule has 17 heavy (non-hydrogen) atoms. The number of likely N-dealkylation sites (tertiary alicyclic amines) is 1. The van der Waals surface area contributed by atoms with Gasteiger partial charge in [0, 0.05) is 18.6 Å². The molecule has 1 aromatic rings. The van der Waals surface area contributed by atoms with Gasteiger partial charge in [-0.15, -0.1) is 0 Å². The van der Waals surface area contributed by atoms with Crippen molar-refractivity contribution in [3.8, 4) is 0 Å². The Balaban J connectivity index is 1.96. The van der Waals surface area contributed by atoms with Gasteiger partial charge in [0.15, 0.2) is 0 Å². The maximum Gasteiger partial charge on any atom is 0.123 e. The predicted molar refractivity (Wildman–Crippen MR) is 68.3 cm³/mol. The molecule has 1 fully saturated rings. The van der Waals surface area contributed by atoms with Crippen LogP contribution in [0.2, 0.25) is 0 Å². The van der Waals surface area contributed by atoms with Crippen LogP contribution in [0.3, 0.4) is 0 Å². The third kappa shape index (κ3) is 3.05. The van der Waals surface area contributed by atoms with Crippen LogP contribution >= 0.6 is 0 Å². The average Bonchev–Trinajstić information content (AvgIpc) is 2.80. The van der Waals surface area contributed by atoms with Gasteiger partial charge in [-0.1, -0.05) is 12.1 Å². The summed E-state index contributed by atoms with van der Waals surface area (Å²) < 4.78 is 12.8. The zero-order valence-electron chi connectivity index (χ0n) is 10.4. The van der Waals surface area contributed by atoms with Gasteiger partial charge in [-0.05, 0) is 50.4 Å². The Hall–Kier alpha value is -0.930. The van der Waals surface area contributed by atoms with Crippen LogP contribution in [-0.4, -0.2) is 30.1 Å². The number of benzene rings is 1. The zero-order valence-corrected chi connectivity index (χ0v) is 10.4. The largest absolute Gasteiger partial charge is 0.329 e. The second-order valence-corrected chi connectivity index (χ2v) is 4.95. The maximum atomic E-state index is 12.8. The lowest BCUT2D eigenvalue weighted by molar-refractivity contribution is 0.194. The Labute approximate surface area is 103 Å². The first-order chi connectivity index (χ1) is 8.20. The molecule has 3 heteroatoms. The fourth-order valence-corrected chi connectivity index (χ4v) is 2.77. The molecular formula is C14H21FN2. The van der Waals surface area contributed by atoms with Crippen molar-refractivity contribution in [2.24, 2.45) is 5.73 Å². The molecule has 0 aliphatic carbocycles. The molecular weight excluding hydrogens is 215 g/mol. The molecule has 0 radical (unpaired) electrons. The van der Waals surface area contributed by atoms with Crippen LogP contribution in [0.15, 0.2) is 24.3 Å². The van der Waals surface area contributed by atoms with Crippen molar-refractivity contribution < 1.29 is 4.39 Å². The first-order valence-electron chi connectivity index (χ1n) is 6.41. The van der Waals surface area contributed by atoms with E-state index in [-0.39, 0.29) is 5.82 Å². The van der Waals surface area contributed by atoms with Crippen molar-refractivity contribution in [1.29, 1.82) is 0 Å². The highest BCUT2D eigenvalue weighted by molar-refractivity contribution is 5.17. The average molecular weight is 236 g/mol. The minimum atomic E-state index is -0.164. The summed E-state index contributed by atoms with van der Waals surface area (Å²) in [6.45, 7) is 4.12. The molecule has 0 aromatic heterocycles. The van der Waals surface area contributed by atoms with Gasteiger partial charge >= 0.3 is 0 Å². The topological polar surface area (TPSA) is 29.3 Å². The highest BCUT2D eigenvalue weighted by atomic mass is 19.1. The van der Waals surface area contributed by atoms with Gasteiger partial charge in [-0.2, -0.15) is 0 Å². The quantitative estimate of drug-likeness (QED) is 0.868. The Morgan fingerprint density at radius 1 is 1.41 bits per heavy atom. The standard InChI is InChI=1S/C14H21FN2/c1-11(17-8-2-3-14(17)10-16)9-12-4-6-13(15)7-5-12/h4-7,11,14H,2-3,8-10,16H2,1H3. The number of hydrogen-bond donors (Lipinski definition) is 1. The molecule has 2 rings (SSSR count). The zero-order chi connectivity index (χ0) is 12.3. The van der Waals surface area contributed by atoms with E-state index in [1.54, 1.807) is 0 Å². The fourth-order valence-electron chi connectivity index (χ4n) is 2.77. The first-order valence-corrected chi connectivity index (χ1v) is 6.41. The van der Waals surface area contributed by atoms with E-state index in [2.05, 4.69) is 11.8 Å². The predicted octanol–water partition coefficient (Wildman–Crippen LogP) is 2.18. The SMILES string of the molecule is CC(Cc1ccc(F)cc1)N1CCCC1CN. The van der Waals surface area contributed by atoms with E-state index in [0.29, 0.717) is 12.1 Å². The molecule has 2 N–H and O–H groups in total. The van der Waals surface area contributed by atoms with Gasteiger partial charge < -0.3 is 5.73 Å². The molecule has 1 saturated heterocycles. The van der Waals surface area contributed by atoms with Crippen LogP contribution in [0.25, 0.3) is 0 Å². The van der Waals surface area contributed by atoms with Crippen molar-refractivity contribution in [3.05, 3.63) is 35.6 Å². The minimum Gasteiger partial charge on any atom is -0.329 e. The minimum absolute atomic E-state index is 0.164. The van der Waals surface area contributed by atoms with Gasteiger partial charge in [-0.3, -0.25) is 4.90 Å². The van der Waals surface area contributed by atoms with E-state index < -0.39 is 0 Å². The van der Waals surface area contributed by atoms with Crippen LogP contribution in [0.4, 0.5) is 4.39 Å².